The lowest BCUT2D eigenvalue weighted by Gasteiger charge is -2.35. The molecule has 0 saturated carbocycles. The maximum absolute atomic E-state index is 12.8. The number of carbonyl (C=O) groups is 2. The normalized spacial score (nSPS) is 14.0. The summed E-state index contributed by atoms with van der Waals surface area (Å²) in [6.45, 7) is 1.98. The molecule has 0 unspecified atom stereocenters. The highest BCUT2D eigenvalue weighted by Gasteiger charge is 2.25. The number of nitrogens with zero attached hydrogens (tertiary/aromatic N) is 2. The first kappa shape index (κ1) is 20.0. The van der Waals surface area contributed by atoms with Crippen molar-refractivity contribution >= 4 is 23.4 Å². The predicted molar refractivity (Wildman–Crippen MR) is 107 cm³/mol. The van der Waals surface area contributed by atoms with Gasteiger partial charge in [-0.15, -0.1) is 0 Å². The van der Waals surface area contributed by atoms with Gasteiger partial charge in [-0.2, -0.15) is 0 Å². The summed E-state index contributed by atoms with van der Waals surface area (Å²) in [7, 11) is 3.09. The summed E-state index contributed by atoms with van der Waals surface area (Å²) >= 11 is 6.14. The lowest BCUT2D eigenvalue weighted by Crippen LogP contribution is -2.51. The minimum atomic E-state index is -0.0841. The smallest absolute Gasteiger partial charge is 0.254 e. The molecule has 2 amide bonds. The first-order chi connectivity index (χ1) is 13.5. The van der Waals surface area contributed by atoms with Gasteiger partial charge in [-0.3, -0.25) is 9.59 Å². The number of ether oxygens (including phenoxy) is 2. The molecule has 0 atom stereocenters. The van der Waals surface area contributed by atoms with Gasteiger partial charge in [0.2, 0.25) is 5.91 Å². The van der Waals surface area contributed by atoms with E-state index in [4.69, 9.17) is 21.1 Å². The van der Waals surface area contributed by atoms with Gasteiger partial charge in [-0.05, 0) is 29.8 Å². The minimum Gasteiger partial charge on any atom is -0.493 e. The second-order valence-electron chi connectivity index (χ2n) is 6.51. The molecular weight excluding hydrogens is 380 g/mol. The van der Waals surface area contributed by atoms with Crippen LogP contribution in [0.3, 0.4) is 0 Å². The van der Waals surface area contributed by atoms with Crippen LogP contribution in [0.2, 0.25) is 5.02 Å². The molecule has 1 aliphatic heterocycles. The molecule has 6 nitrogen and oxygen atoms in total. The van der Waals surface area contributed by atoms with E-state index in [9.17, 15) is 9.59 Å². The van der Waals surface area contributed by atoms with Crippen molar-refractivity contribution in [3.8, 4) is 11.5 Å². The van der Waals surface area contributed by atoms with Crippen molar-refractivity contribution in [1.82, 2.24) is 9.80 Å². The molecule has 0 aliphatic carbocycles. The Bertz CT molecular complexity index is 863. The highest BCUT2D eigenvalue weighted by Crippen LogP contribution is 2.28. The Hall–Kier alpha value is -2.73. The quantitative estimate of drug-likeness (QED) is 0.771. The molecule has 7 heteroatoms. The van der Waals surface area contributed by atoms with Gasteiger partial charge >= 0.3 is 0 Å². The van der Waals surface area contributed by atoms with E-state index in [1.165, 1.54) is 7.11 Å². The summed E-state index contributed by atoms with van der Waals surface area (Å²) in [5.74, 6) is 1.03. The van der Waals surface area contributed by atoms with Crippen molar-refractivity contribution in [2.45, 2.75) is 6.42 Å². The molecule has 0 aromatic heterocycles. The van der Waals surface area contributed by atoms with Gasteiger partial charge in [0, 0.05) is 36.8 Å². The van der Waals surface area contributed by atoms with Gasteiger partial charge in [0.15, 0.2) is 11.5 Å². The van der Waals surface area contributed by atoms with E-state index >= 15 is 0 Å². The molecule has 28 heavy (non-hydrogen) atoms. The molecule has 148 valence electrons. The van der Waals surface area contributed by atoms with E-state index in [1.807, 2.05) is 18.2 Å². The summed E-state index contributed by atoms with van der Waals surface area (Å²) in [5, 5.41) is 0.595. The van der Waals surface area contributed by atoms with Crippen molar-refractivity contribution in [2.75, 3.05) is 40.4 Å². The predicted octanol–water partition coefficient (Wildman–Crippen LogP) is 2.88. The molecular formula is C21H23ClN2O4. The molecule has 0 radical (unpaired) electrons. The first-order valence-electron chi connectivity index (χ1n) is 9.06. The van der Waals surface area contributed by atoms with Gasteiger partial charge in [0.05, 0.1) is 20.6 Å². The summed E-state index contributed by atoms with van der Waals surface area (Å²) in [6, 6.07) is 12.5. The molecule has 1 aliphatic rings. The summed E-state index contributed by atoms with van der Waals surface area (Å²) in [6.07, 6.45) is 0.267. The topological polar surface area (TPSA) is 59.1 Å². The number of methoxy groups -OCH3 is 2. The molecule has 3 rings (SSSR count). The SMILES string of the molecule is COc1ccc(C(=O)N2CCN(C(=O)Cc3ccccc3Cl)CC2)cc1OC. The van der Waals surface area contributed by atoms with Gasteiger partial charge in [0.25, 0.3) is 5.91 Å². The van der Waals surface area contributed by atoms with E-state index in [0.29, 0.717) is 48.3 Å². The second kappa shape index (κ2) is 8.97. The Morgan fingerprint density at radius 3 is 2.21 bits per heavy atom. The number of amides is 2. The number of benzene rings is 2. The minimum absolute atomic E-state index is 0.0197. The van der Waals surface area contributed by atoms with Crippen LogP contribution in [-0.2, 0) is 11.2 Å². The summed E-state index contributed by atoms with van der Waals surface area (Å²) in [4.78, 5) is 28.9. The van der Waals surface area contributed by atoms with Crippen LogP contribution in [0.1, 0.15) is 15.9 Å². The Morgan fingerprint density at radius 2 is 1.57 bits per heavy atom. The highest BCUT2D eigenvalue weighted by molar-refractivity contribution is 6.31. The van der Waals surface area contributed by atoms with Crippen molar-refractivity contribution in [1.29, 1.82) is 0 Å². The van der Waals surface area contributed by atoms with E-state index in [1.54, 1.807) is 41.2 Å². The van der Waals surface area contributed by atoms with Crippen LogP contribution in [0.5, 0.6) is 11.5 Å². The van der Waals surface area contributed by atoms with E-state index in [-0.39, 0.29) is 18.2 Å². The third-order valence-electron chi connectivity index (χ3n) is 4.85. The fourth-order valence-electron chi connectivity index (χ4n) is 3.23. The van der Waals surface area contributed by atoms with Gasteiger partial charge in [-0.1, -0.05) is 29.8 Å². The Labute approximate surface area is 169 Å². The Kier molecular flexibility index (Phi) is 6.41. The second-order valence-corrected chi connectivity index (χ2v) is 6.92. The molecule has 0 N–H and O–H groups in total. The van der Waals surface area contributed by atoms with E-state index in [0.717, 1.165) is 5.56 Å². The number of hydrogen-bond donors (Lipinski definition) is 0. The van der Waals surface area contributed by atoms with Crippen LogP contribution in [0, 0.1) is 0 Å². The molecule has 2 aromatic rings. The van der Waals surface area contributed by atoms with Gasteiger partial charge in [-0.25, -0.2) is 0 Å². The monoisotopic (exact) mass is 402 g/mol. The molecule has 0 spiro atoms. The first-order valence-corrected chi connectivity index (χ1v) is 9.43. The van der Waals surface area contributed by atoms with Crippen LogP contribution in [0.4, 0.5) is 0 Å². The summed E-state index contributed by atoms with van der Waals surface area (Å²) < 4.78 is 10.5. The number of rotatable bonds is 5. The molecule has 1 fully saturated rings. The van der Waals surface area contributed by atoms with Crippen LogP contribution >= 0.6 is 11.6 Å². The van der Waals surface area contributed by atoms with Crippen molar-refractivity contribution in [3.05, 3.63) is 58.6 Å². The van der Waals surface area contributed by atoms with Crippen LogP contribution in [-0.4, -0.2) is 62.0 Å². The van der Waals surface area contributed by atoms with Crippen LogP contribution < -0.4 is 9.47 Å². The van der Waals surface area contributed by atoms with Gasteiger partial charge in [0.1, 0.15) is 0 Å². The maximum atomic E-state index is 12.8. The fraction of sp³-hybridized carbons (Fsp3) is 0.333. The molecule has 2 aromatic carbocycles. The van der Waals surface area contributed by atoms with Crippen molar-refractivity contribution < 1.29 is 19.1 Å². The van der Waals surface area contributed by atoms with E-state index < -0.39 is 0 Å². The number of halogens is 1. The fourth-order valence-corrected chi connectivity index (χ4v) is 3.43. The maximum Gasteiger partial charge on any atom is 0.254 e. The highest BCUT2D eigenvalue weighted by atomic mass is 35.5. The number of piperazine rings is 1. The van der Waals surface area contributed by atoms with Crippen molar-refractivity contribution in [3.63, 3.8) is 0 Å². The number of carbonyl (C=O) groups excluding carboxylic acids is 2. The standard InChI is InChI=1S/C21H23ClN2O4/c1-27-18-8-7-16(13-19(18)28-2)21(26)24-11-9-23(10-12-24)20(25)14-15-5-3-4-6-17(15)22/h3-8,13H,9-12,14H2,1-2H3. The zero-order chi connectivity index (χ0) is 20.1. The van der Waals surface area contributed by atoms with E-state index in [2.05, 4.69) is 0 Å². The van der Waals surface area contributed by atoms with Crippen molar-refractivity contribution in [2.24, 2.45) is 0 Å². The average Bonchev–Trinajstić information content (AvgIpc) is 2.74. The molecule has 1 heterocycles. The summed E-state index contributed by atoms with van der Waals surface area (Å²) in [5.41, 5.74) is 1.35. The number of hydrogen-bond acceptors (Lipinski definition) is 4. The third kappa shape index (κ3) is 4.39. The Balaban J connectivity index is 1.59. The zero-order valence-corrected chi connectivity index (χ0v) is 16.7. The zero-order valence-electron chi connectivity index (χ0n) is 16.0. The third-order valence-corrected chi connectivity index (χ3v) is 5.22. The molecule has 0 bridgehead atoms. The lowest BCUT2D eigenvalue weighted by molar-refractivity contribution is -0.131. The average molecular weight is 403 g/mol. The van der Waals surface area contributed by atoms with Gasteiger partial charge < -0.3 is 19.3 Å². The molecule has 1 saturated heterocycles. The van der Waals surface area contributed by atoms with Crippen LogP contribution in [0.25, 0.3) is 0 Å². The van der Waals surface area contributed by atoms with Crippen LogP contribution in [0.15, 0.2) is 42.5 Å². The lowest BCUT2D eigenvalue weighted by atomic mass is 10.1. The Morgan fingerprint density at radius 1 is 0.929 bits per heavy atom. The largest absolute Gasteiger partial charge is 0.493 e.